The largest absolute Gasteiger partial charge is 0.340 e. The SMILES string of the molecule is O=C(c1cccc(S(=O)(=O)Nc2ccc(Cl)cc2)c1)N1CCCC1c1nc2ccccc2[nH]1. The summed E-state index contributed by atoms with van der Waals surface area (Å²) < 4.78 is 28.3. The van der Waals surface area contributed by atoms with Crippen molar-refractivity contribution >= 4 is 44.3 Å². The number of halogens is 1. The van der Waals surface area contributed by atoms with Crippen LogP contribution in [0.4, 0.5) is 5.69 Å². The van der Waals surface area contributed by atoms with E-state index in [1.165, 1.54) is 12.1 Å². The normalized spacial score (nSPS) is 16.3. The lowest BCUT2D eigenvalue weighted by molar-refractivity contribution is 0.0730. The second kappa shape index (κ2) is 8.53. The van der Waals surface area contributed by atoms with Crippen LogP contribution in [-0.2, 0) is 10.0 Å². The maximum Gasteiger partial charge on any atom is 0.261 e. The number of rotatable bonds is 5. The van der Waals surface area contributed by atoms with Crippen LogP contribution >= 0.6 is 11.6 Å². The molecule has 168 valence electrons. The molecule has 3 aromatic carbocycles. The van der Waals surface area contributed by atoms with E-state index in [-0.39, 0.29) is 16.8 Å². The lowest BCUT2D eigenvalue weighted by Crippen LogP contribution is -2.31. The Balaban J connectivity index is 1.40. The summed E-state index contributed by atoms with van der Waals surface area (Å²) in [5, 5.41) is 0.509. The van der Waals surface area contributed by atoms with Crippen molar-refractivity contribution in [3.8, 4) is 0 Å². The van der Waals surface area contributed by atoms with E-state index in [0.29, 0.717) is 22.8 Å². The van der Waals surface area contributed by atoms with Crippen molar-refractivity contribution in [1.82, 2.24) is 14.9 Å². The number of hydrogen-bond donors (Lipinski definition) is 2. The molecule has 0 spiro atoms. The number of carbonyl (C=O) groups excluding carboxylic acids is 1. The van der Waals surface area contributed by atoms with Crippen molar-refractivity contribution in [1.29, 1.82) is 0 Å². The third-order valence-corrected chi connectivity index (χ3v) is 7.36. The molecule has 2 N–H and O–H groups in total. The summed E-state index contributed by atoms with van der Waals surface area (Å²) in [7, 11) is -3.87. The Morgan fingerprint density at radius 2 is 1.85 bits per heavy atom. The van der Waals surface area contributed by atoms with Gasteiger partial charge in [-0.15, -0.1) is 0 Å². The van der Waals surface area contributed by atoms with Crippen molar-refractivity contribution in [2.24, 2.45) is 0 Å². The van der Waals surface area contributed by atoms with Gasteiger partial charge in [-0.1, -0.05) is 29.8 Å². The van der Waals surface area contributed by atoms with Crippen molar-refractivity contribution in [3.63, 3.8) is 0 Å². The maximum absolute atomic E-state index is 13.4. The molecule has 1 saturated heterocycles. The molecule has 5 rings (SSSR count). The highest BCUT2D eigenvalue weighted by atomic mass is 35.5. The van der Waals surface area contributed by atoms with E-state index in [4.69, 9.17) is 11.6 Å². The molecule has 1 aliphatic rings. The van der Waals surface area contributed by atoms with Gasteiger partial charge in [-0.3, -0.25) is 9.52 Å². The van der Waals surface area contributed by atoms with Gasteiger partial charge in [0.05, 0.1) is 22.0 Å². The summed E-state index contributed by atoms with van der Waals surface area (Å²) >= 11 is 5.87. The van der Waals surface area contributed by atoms with Crippen molar-refractivity contribution in [2.45, 2.75) is 23.8 Å². The van der Waals surface area contributed by atoms with Crippen LogP contribution in [0.15, 0.2) is 77.7 Å². The molecule has 0 bridgehead atoms. The summed E-state index contributed by atoms with van der Waals surface area (Å²) in [5.74, 6) is 0.525. The molecule has 1 aliphatic heterocycles. The molecule has 1 unspecified atom stereocenters. The fraction of sp³-hybridized carbons (Fsp3) is 0.167. The van der Waals surface area contributed by atoms with Gasteiger partial charge in [-0.2, -0.15) is 0 Å². The number of para-hydroxylation sites is 2. The van der Waals surface area contributed by atoms with Gasteiger partial charge in [0.1, 0.15) is 5.82 Å². The predicted octanol–water partition coefficient (Wildman–Crippen LogP) is 4.99. The first-order valence-corrected chi connectivity index (χ1v) is 12.4. The van der Waals surface area contributed by atoms with Crippen molar-refractivity contribution in [2.75, 3.05) is 11.3 Å². The smallest absolute Gasteiger partial charge is 0.261 e. The first kappa shape index (κ1) is 21.5. The molecule has 33 heavy (non-hydrogen) atoms. The summed E-state index contributed by atoms with van der Waals surface area (Å²) in [5.41, 5.74) is 2.49. The van der Waals surface area contributed by atoms with Gasteiger partial charge in [0.2, 0.25) is 0 Å². The highest BCUT2D eigenvalue weighted by Gasteiger charge is 2.33. The van der Waals surface area contributed by atoms with Gasteiger partial charge in [0.15, 0.2) is 0 Å². The zero-order valence-corrected chi connectivity index (χ0v) is 19.1. The molecule has 1 amide bonds. The quantitative estimate of drug-likeness (QED) is 0.420. The van der Waals surface area contributed by atoms with E-state index in [1.807, 2.05) is 24.3 Å². The molecule has 0 radical (unpaired) electrons. The number of anilines is 1. The number of aromatic amines is 1. The number of imidazole rings is 1. The van der Waals surface area contributed by atoms with Crippen LogP contribution in [0, 0.1) is 0 Å². The fourth-order valence-corrected chi connectivity index (χ4v) is 5.35. The van der Waals surface area contributed by atoms with Gasteiger partial charge >= 0.3 is 0 Å². The molecule has 1 fully saturated rings. The number of likely N-dealkylation sites (tertiary alicyclic amines) is 1. The number of nitrogens with zero attached hydrogens (tertiary/aromatic N) is 2. The second-order valence-corrected chi connectivity index (χ2v) is 10.1. The number of sulfonamides is 1. The van der Waals surface area contributed by atoms with Crippen molar-refractivity contribution in [3.05, 3.63) is 89.2 Å². The number of carbonyl (C=O) groups is 1. The lowest BCUT2D eigenvalue weighted by Gasteiger charge is -2.23. The minimum atomic E-state index is -3.87. The Morgan fingerprint density at radius 1 is 1.06 bits per heavy atom. The molecule has 2 heterocycles. The minimum absolute atomic E-state index is 0.0165. The zero-order chi connectivity index (χ0) is 23.0. The van der Waals surface area contributed by atoms with Gasteiger partial charge in [-0.05, 0) is 67.4 Å². The molecule has 0 aliphatic carbocycles. The predicted molar refractivity (Wildman–Crippen MR) is 128 cm³/mol. The third-order valence-electron chi connectivity index (χ3n) is 5.72. The number of amides is 1. The van der Waals surface area contributed by atoms with Crippen LogP contribution in [0.3, 0.4) is 0 Å². The number of fused-ring (bicyclic) bond motifs is 1. The Kier molecular flexibility index (Phi) is 5.55. The average molecular weight is 481 g/mol. The molecule has 0 saturated carbocycles. The fourth-order valence-electron chi connectivity index (χ4n) is 4.12. The Hall–Kier alpha value is -3.36. The molecular formula is C24H21ClN4O3S. The van der Waals surface area contributed by atoms with Crippen LogP contribution < -0.4 is 4.72 Å². The second-order valence-electron chi connectivity index (χ2n) is 7.94. The highest BCUT2D eigenvalue weighted by Crippen LogP contribution is 2.33. The van der Waals surface area contributed by atoms with Gasteiger partial charge < -0.3 is 9.88 Å². The molecule has 9 heteroatoms. The number of H-pyrrole nitrogens is 1. The summed E-state index contributed by atoms with van der Waals surface area (Å²) in [6.07, 6.45) is 1.64. The molecule has 1 atom stereocenters. The third kappa shape index (κ3) is 4.31. The van der Waals surface area contributed by atoms with Gasteiger partial charge in [0, 0.05) is 22.8 Å². The molecule has 7 nitrogen and oxygen atoms in total. The van der Waals surface area contributed by atoms with E-state index in [2.05, 4.69) is 14.7 Å². The molecule has 4 aromatic rings. The maximum atomic E-state index is 13.4. The standard InChI is InChI=1S/C24H21ClN4O3S/c25-17-10-12-18(13-11-17)28-33(31,32)19-6-3-5-16(15-19)24(30)29-14-4-9-22(29)23-26-20-7-1-2-8-21(20)27-23/h1-3,5-8,10-13,15,22,28H,4,9,14H2,(H,26,27). The summed E-state index contributed by atoms with van der Waals surface area (Å²) in [4.78, 5) is 23.1. The van der Waals surface area contributed by atoms with Crippen LogP contribution in [-0.4, -0.2) is 35.7 Å². The van der Waals surface area contributed by atoms with E-state index in [1.54, 1.807) is 41.3 Å². The number of hydrogen-bond acceptors (Lipinski definition) is 4. The summed E-state index contributed by atoms with van der Waals surface area (Å²) in [6, 6.07) is 20.0. The monoisotopic (exact) mass is 480 g/mol. The van der Waals surface area contributed by atoms with Crippen LogP contribution in [0.2, 0.25) is 5.02 Å². The van der Waals surface area contributed by atoms with E-state index < -0.39 is 10.0 Å². The first-order valence-electron chi connectivity index (χ1n) is 10.5. The number of benzene rings is 3. The van der Waals surface area contributed by atoms with Crippen LogP contribution in [0.5, 0.6) is 0 Å². The van der Waals surface area contributed by atoms with E-state index >= 15 is 0 Å². The Morgan fingerprint density at radius 3 is 2.64 bits per heavy atom. The molecular weight excluding hydrogens is 460 g/mol. The highest BCUT2D eigenvalue weighted by molar-refractivity contribution is 7.92. The van der Waals surface area contributed by atoms with Gasteiger partial charge in [0.25, 0.3) is 15.9 Å². The topological polar surface area (TPSA) is 95.2 Å². The van der Waals surface area contributed by atoms with Crippen molar-refractivity contribution < 1.29 is 13.2 Å². The number of nitrogens with one attached hydrogen (secondary N) is 2. The van der Waals surface area contributed by atoms with E-state index in [9.17, 15) is 13.2 Å². The Bertz CT molecular complexity index is 1400. The van der Waals surface area contributed by atoms with Gasteiger partial charge in [-0.25, -0.2) is 13.4 Å². The summed E-state index contributed by atoms with van der Waals surface area (Å²) in [6.45, 7) is 0.584. The first-order chi connectivity index (χ1) is 15.9. The van der Waals surface area contributed by atoms with Crippen LogP contribution in [0.1, 0.15) is 35.1 Å². The van der Waals surface area contributed by atoms with E-state index in [0.717, 1.165) is 29.7 Å². The molecule has 1 aromatic heterocycles. The number of aromatic nitrogens is 2. The Labute approximate surface area is 196 Å². The minimum Gasteiger partial charge on any atom is -0.340 e. The van der Waals surface area contributed by atoms with Crippen LogP contribution in [0.25, 0.3) is 11.0 Å². The average Bonchev–Trinajstić information content (AvgIpc) is 3.47. The lowest BCUT2D eigenvalue weighted by atomic mass is 10.1. The zero-order valence-electron chi connectivity index (χ0n) is 17.5.